The molecule has 3 fully saturated rings. The molecule has 0 unspecified atom stereocenters. The van der Waals surface area contributed by atoms with Crippen LogP contribution in [-0.4, -0.2) is 38.7 Å². The summed E-state index contributed by atoms with van der Waals surface area (Å²) in [5.74, 6) is 2.18. The van der Waals surface area contributed by atoms with Crippen LogP contribution in [-0.2, 0) is 7.05 Å². The van der Waals surface area contributed by atoms with Crippen molar-refractivity contribution in [3.63, 3.8) is 0 Å². The highest BCUT2D eigenvalue weighted by Crippen LogP contribution is 2.42. The summed E-state index contributed by atoms with van der Waals surface area (Å²) >= 11 is 0. The Balaban J connectivity index is 1.58. The molecule has 2 aromatic rings. The van der Waals surface area contributed by atoms with Crippen molar-refractivity contribution in [2.45, 2.75) is 44.9 Å². The van der Waals surface area contributed by atoms with E-state index in [1.165, 1.54) is 32.1 Å². The SMILES string of the molecule is Cc1nn(C)c2nc(C3CC3)cc(C(=O)N3C[C@H]4CCC[C@H]4C3)c12. The lowest BCUT2D eigenvalue weighted by molar-refractivity contribution is 0.0782. The van der Waals surface area contributed by atoms with Gasteiger partial charge in [-0.15, -0.1) is 0 Å². The Labute approximate surface area is 142 Å². The van der Waals surface area contributed by atoms with Gasteiger partial charge >= 0.3 is 0 Å². The van der Waals surface area contributed by atoms with Crippen molar-refractivity contribution in [1.29, 1.82) is 0 Å². The molecule has 0 radical (unpaired) electrons. The van der Waals surface area contributed by atoms with Crippen molar-refractivity contribution < 1.29 is 4.79 Å². The topological polar surface area (TPSA) is 51.0 Å². The summed E-state index contributed by atoms with van der Waals surface area (Å²) in [6.45, 7) is 3.85. The van der Waals surface area contributed by atoms with Gasteiger partial charge in [-0.05, 0) is 50.5 Å². The minimum absolute atomic E-state index is 0.190. The number of carbonyl (C=O) groups excluding carboxylic acids is 1. The van der Waals surface area contributed by atoms with E-state index >= 15 is 0 Å². The molecule has 0 bridgehead atoms. The Morgan fingerprint density at radius 3 is 2.54 bits per heavy atom. The second kappa shape index (κ2) is 5.04. The van der Waals surface area contributed by atoms with Gasteiger partial charge in [0.15, 0.2) is 5.65 Å². The van der Waals surface area contributed by atoms with E-state index in [0.717, 1.165) is 52.9 Å². The minimum Gasteiger partial charge on any atom is -0.338 e. The van der Waals surface area contributed by atoms with Crippen molar-refractivity contribution in [3.05, 3.63) is 23.0 Å². The summed E-state index contributed by atoms with van der Waals surface area (Å²) in [6.07, 6.45) is 6.30. The van der Waals surface area contributed by atoms with E-state index in [4.69, 9.17) is 4.98 Å². The van der Waals surface area contributed by atoms with Crippen LogP contribution >= 0.6 is 0 Å². The molecule has 2 saturated carbocycles. The van der Waals surface area contributed by atoms with E-state index in [1.54, 1.807) is 0 Å². The normalized spacial score (nSPS) is 26.3. The predicted octanol–water partition coefficient (Wildman–Crippen LogP) is 3.03. The molecule has 5 nitrogen and oxygen atoms in total. The maximum atomic E-state index is 13.3. The molecule has 0 spiro atoms. The lowest BCUT2D eigenvalue weighted by atomic mass is 10.0. The number of likely N-dealkylation sites (tertiary alicyclic amines) is 1. The third-order valence-electron chi connectivity index (χ3n) is 6.23. The van der Waals surface area contributed by atoms with Crippen molar-refractivity contribution in [2.75, 3.05) is 13.1 Å². The first-order chi connectivity index (χ1) is 11.6. The largest absolute Gasteiger partial charge is 0.338 e. The van der Waals surface area contributed by atoms with Crippen LogP contribution < -0.4 is 0 Å². The van der Waals surface area contributed by atoms with Crippen molar-refractivity contribution in [2.24, 2.45) is 18.9 Å². The number of hydrogen-bond acceptors (Lipinski definition) is 3. The first-order valence-electron chi connectivity index (χ1n) is 9.25. The van der Waals surface area contributed by atoms with Crippen LogP contribution in [0.3, 0.4) is 0 Å². The highest BCUT2D eigenvalue weighted by atomic mass is 16.2. The van der Waals surface area contributed by atoms with Gasteiger partial charge in [0.25, 0.3) is 5.91 Å². The van der Waals surface area contributed by atoms with Gasteiger partial charge in [0, 0.05) is 31.7 Å². The van der Waals surface area contributed by atoms with Crippen LogP contribution in [0.4, 0.5) is 0 Å². The molecule has 1 aliphatic heterocycles. The number of carbonyl (C=O) groups is 1. The van der Waals surface area contributed by atoms with Gasteiger partial charge in [-0.3, -0.25) is 9.48 Å². The lowest BCUT2D eigenvalue weighted by Gasteiger charge is -2.18. The predicted molar refractivity (Wildman–Crippen MR) is 92.0 cm³/mol. The van der Waals surface area contributed by atoms with Crippen LogP contribution in [0.15, 0.2) is 6.07 Å². The maximum absolute atomic E-state index is 13.3. The smallest absolute Gasteiger partial charge is 0.254 e. The zero-order chi connectivity index (χ0) is 16.4. The zero-order valence-corrected chi connectivity index (χ0v) is 14.5. The van der Waals surface area contributed by atoms with E-state index in [9.17, 15) is 4.79 Å². The van der Waals surface area contributed by atoms with Crippen molar-refractivity contribution >= 4 is 16.9 Å². The number of amides is 1. The number of rotatable bonds is 2. The number of aryl methyl sites for hydroxylation is 2. The Morgan fingerprint density at radius 1 is 1.17 bits per heavy atom. The fourth-order valence-corrected chi connectivity index (χ4v) is 4.79. The maximum Gasteiger partial charge on any atom is 0.254 e. The number of nitrogens with zero attached hydrogens (tertiary/aromatic N) is 4. The molecule has 3 aliphatic rings. The van der Waals surface area contributed by atoms with E-state index in [0.29, 0.717) is 5.92 Å². The molecule has 1 saturated heterocycles. The van der Waals surface area contributed by atoms with Crippen LogP contribution in [0.5, 0.6) is 0 Å². The number of hydrogen-bond donors (Lipinski definition) is 0. The molecule has 5 rings (SSSR count). The summed E-state index contributed by atoms with van der Waals surface area (Å²) in [6, 6.07) is 2.06. The molecular weight excluding hydrogens is 300 g/mol. The summed E-state index contributed by atoms with van der Waals surface area (Å²) in [5, 5.41) is 5.47. The highest BCUT2D eigenvalue weighted by Gasteiger charge is 2.39. The molecule has 5 heteroatoms. The Hall–Kier alpha value is -1.91. The second-order valence-electron chi connectivity index (χ2n) is 7.94. The molecular formula is C19H24N4O. The van der Waals surface area contributed by atoms with Gasteiger partial charge in [0.2, 0.25) is 0 Å². The third-order valence-corrected chi connectivity index (χ3v) is 6.23. The number of fused-ring (bicyclic) bond motifs is 2. The number of pyridine rings is 1. The van der Waals surface area contributed by atoms with E-state index in [-0.39, 0.29) is 5.91 Å². The zero-order valence-electron chi connectivity index (χ0n) is 14.5. The Bertz CT molecular complexity index is 823. The molecule has 2 atom stereocenters. The Kier molecular flexibility index (Phi) is 3.03. The van der Waals surface area contributed by atoms with Crippen molar-refractivity contribution in [3.8, 4) is 0 Å². The Morgan fingerprint density at radius 2 is 1.88 bits per heavy atom. The van der Waals surface area contributed by atoms with Gasteiger partial charge < -0.3 is 4.90 Å². The molecule has 126 valence electrons. The second-order valence-corrected chi connectivity index (χ2v) is 7.94. The molecule has 24 heavy (non-hydrogen) atoms. The van der Waals surface area contributed by atoms with Gasteiger partial charge in [0.1, 0.15) is 0 Å². The number of aromatic nitrogens is 3. The monoisotopic (exact) mass is 324 g/mol. The average Bonchev–Trinajstić information content (AvgIpc) is 3.09. The highest BCUT2D eigenvalue weighted by molar-refractivity contribution is 6.06. The first-order valence-corrected chi connectivity index (χ1v) is 9.25. The molecule has 2 aliphatic carbocycles. The third kappa shape index (κ3) is 2.10. The molecule has 0 N–H and O–H groups in total. The van der Waals surface area contributed by atoms with Crippen LogP contribution in [0, 0.1) is 18.8 Å². The summed E-state index contributed by atoms with van der Waals surface area (Å²) in [7, 11) is 1.92. The molecule has 2 aromatic heterocycles. The minimum atomic E-state index is 0.190. The standard InChI is InChI=1S/C19H24N4O/c1-11-17-15(19(24)23-9-13-4-3-5-14(13)10-23)8-16(12-6-7-12)20-18(17)22(2)21-11/h8,12-14H,3-7,9-10H2,1-2H3/t13-,14+. The molecule has 3 heterocycles. The summed E-state index contributed by atoms with van der Waals surface area (Å²) in [5.41, 5.74) is 3.67. The summed E-state index contributed by atoms with van der Waals surface area (Å²) < 4.78 is 1.83. The van der Waals surface area contributed by atoms with Gasteiger partial charge in [-0.2, -0.15) is 5.10 Å². The van der Waals surface area contributed by atoms with E-state index in [2.05, 4.69) is 16.1 Å². The molecule has 1 amide bonds. The van der Waals surface area contributed by atoms with Crippen LogP contribution in [0.25, 0.3) is 11.0 Å². The first kappa shape index (κ1) is 14.4. The van der Waals surface area contributed by atoms with E-state index in [1.807, 2.05) is 18.7 Å². The van der Waals surface area contributed by atoms with Crippen molar-refractivity contribution in [1.82, 2.24) is 19.7 Å². The van der Waals surface area contributed by atoms with Crippen LogP contribution in [0.2, 0.25) is 0 Å². The average molecular weight is 324 g/mol. The van der Waals surface area contributed by atoms with Gasteiger partial charge in [-0.1, -0.05) is 6.42 Å². The lowest BCUT2D eigenvalue weighted by Crippen LogP contribution is -2.30. The summed E-state index contributed by atoms with van der Waals surface area (Å²) in [4.78, 5) is 20.2. The van der Waals surface area contributed by atoms with E-state index < -0.39 is 0 Å². The fourth-order valence-electron chi connectivity index (χ4n) is 4.79. The van der Waals surface area contributed by atoms with Crippen LogP contribution in [0.1, 0.15) is 59.8 Å². The van der Waals surface area contributed by atoms with Gasteiger partial charge in [-0.25, -0.2) is 4.98 Å². The van der Waals surface area contributed by atoms with Gasteiger partial charge in [0.05, 0.1) is 16.6 Å². The fraction of sp³-hybridized carbons (Fsp3) is 0.632. The molecule has 0 aromatic carbocycles. The quantitative estimate of drug-likeness (QED) is 0.853.